The van der Waals surface area contributed by atoms with Crippen molar-refractivity contribution in [2.24, 2.45) is 4.99 Å². The molecule has 2 aromatic rings. The van der Waals surface area contributed by atoms with Crippen molar-refractivity contribution in [2.75, 3.05) is 6.54 Å². The average molecular weight is 294 g/mol. The summed E-state index contributed by atoms with van der Waals surface area (Å²) in [6, 6.07) is 8.05. The van der Waals surface area contributed by atoms with Gasteiger partial charge in [0.15, 0.2) is 0 Å². The van der Waals surface area contributed by atoms with Crippen LogP contribution < -0.4 is 0 Å². The number of aliphatic hydroxyl groups excluding tert-OH is 1. The number of amidine groups is 1. The molecule has 0 amide bonds. The lowest BCUT2D eigenvalue weighted by atomic mass is 10.0. The molecule has 1 atom stereocenters. The molecule has 2 aliphatic rings. The highest BCUT2D eigenvalue weighted by Crippen LogP contribution is 2.29. The predicted molar refractivity (Wildman–Crippen MR) is 80.8 cm³/mol. The molecule has 4 rings (SSSR count). The second kappa shape index (κ2) is 5.23. The van der Waals surface area contributed by atoms with Crippen LogP contribution in [0.5, 0.6) is 0 Å². The third kappa shape index (κ3) is 2.23. The Labute approximate surface area is 127 Å². The summed E-state index contributed by atoms with van der Waals surface area (Å²) in [5, 5.41) is 12.9. The highest BCUT2D eigenvalue weighted by Gasteiger charge is 2.24. The summed E-state index contributed by atoms with van der Waals surface area (Å²) in [6.45, 7) is 0.574. The van der Waals surface area contributed by atoms with Crippen molar-refractivity contribution in [2.45, 2.75) is 12.6 Å². The maximum atomic E-state index is 9.01. The van der Waals surface area contributed by atoms with Crippen LogP contribution in [0.2, 0.25) is 0 Å². The molecule has 0 bridgehead atoms. The summed E-state index contributed by atoms with van der Waals surface area (Å²) in [5.41, 5.74) is 1.97. The van der Waals surface area contributed by atoms with Crippen LogP contribution in [0, 0.1) is 0 Å². The van der Waals surface area contributed by atoms with Gasteiger partial charge >= 0.3 is 0 Å². The van der Waals surface area contributed by atoms with Crippen LogP contribution in [-0.4, -0.2) is 32.5 Å². The summed E-state index contributed by atoms with van der Waals surface area (Å²) >= 11 is 0. The number of hydrogen-bond acceptors (Lipinski definition) is 6. The third-order valence-corrected chi connectivity index (χ3v) is 3.71. The van der Waals surface area contributed by atoms with E-state index in [0.29, 0.717) is 5.82 Å². The first-order valence-electron chi connectivity index (χ1n) is 7.06. The van der Waals surface area contributed by atoms with Crippen LogP contribution in [0.25, 0.3) is 11.4 Å². The lowest BCUT2D eigenvalue weighted by molar-refractivity contribution is 0.222. The molecule has 2 aliphatic heterocycles. The Morgan fingerprint density at radius 2 is 2.27 bits per heavy atom. The Morgan fingerprint density at radius 1 is 1.32 bits per heavy atom. The highest BCUT2D eigenvalue weighted by atomic mass is 16.5. The van der Waals surface area contributed by atoms with Gasteiger partial charge in [-0.15, -0.1) is 0 Å². The van der Waals surface area contributed by atoms with Crippen molar-refractivity contribution in [1.82, 2.24) is 15.0 Å². The smallest absolute Gasteiger partial charge is 0.252 e. The average Bonchev–Trinajstić information content (AvgIpc) is 3.21. The number of hydrogen-bond donors (Lipinski definition) is 1. The zero-order chi connectivity index (χ0) is 14.9. The maximum absolute atomic E-state index is 9.01. The van der Waals surface area contributed by atoms with Crippen molar-refractivity contribution in [3.63, 3.8) is 0 Å². The van der Waals surface area contributed by atoms with Gasteiger partial charge in [-0.25, -0.2) is 0 Å². The van der Waals surface area contributed by atoms with Gasteiger partial charge in [-0.2, -0.15) is 4.98 Å². The molecule has 6 nitrogen and oxygen atoms in total. The molecule has 0 fully saturated rings. The van der Waals surface area contributed by atoms with Crippen LogP contribution in [0.4, 0.5) is 0 Å². The predicted octanol–water partition coefficient (Wildman–Crippen LogP) is 2.07. The first kappa shape index (κ1) is 13.0. The molecule has 0 saturated carbocycles. The molecule has 3 heterocycles. The van der Waals surface area contributed by atoms with Gasteiger partial charge in [-0.1, -0.05) is 29.4 Å². The second-order valence-electron chi connectivity index (χ2n) is 5.15. The Morgan fingerprint density at radius 3 is 3.09 bits per heavy atom. The normalized spacial score (nSPS) is 19.4. The molecule has 1 aromatic heterocycles. The van der Waals surface area contributed by atoms with E-state index in [9.17, 15) is 0 Å². The second-order valence-corrected chi connectivity index (χ2v) is 5.15. The van der Waals surface area contributed by atoms with E-state index in [1.807, 2.05) is 42.6 Å². The Balaban J connectivity index is 1.64. The zero-order valence-corrected chi connectivity index (χ0v) is 11.8. The minimum atomic E-state index is -0.253. The van der Waals surface area contributed by atoms with Gasteiger partial charge in [-0.3, -0.25) is 4.99 Å². The van der Waals surface area contributed by atoms with Crippen LogP contribution >= 0.6 is 0 Å². The molecule has 6 heteroatoms. The molecule has 110 valence electrons. The van der Waals surface area contributed by atoms with Crippen molar-refractivity contribution < 1.29 is 9.63 Å². The summed E-state index contributed by atoms with van der Waals surface area (Å²) in [5.74, 6) is 1.68. The molecule has 0 saturated heterocycles. The number of aliphatic imine (C=N–C) groups is 1. The Bertz CT molecular complexity index is 791. The number of allylic oxidation sites excluding steroid dienone is 2. The minimum Gasteiger partial charge on any atom is -0.387 e. The van der Waals surface area contributed by atoms with Crippen molar-refractivity contribution >= 4 is 5.84 Å². The SMILES string of the molecule is OCc1nc(-c2cccc(C3CN4C=CC=CC4=N3)c2)no1. The van der Waals surface area contributed by atoms with Crippen molar-refractivity contribution in [3.05, 3.63) is 60.1 Å². The Kier molecular flexibility index (Phi) is 3.08. The monoisotopic (exact) mass is 294 g/mol. The van der Waals surface area contributed by atoms with Gasteiger partial charge in [0.1, 0.15) is 12.4 Å². The standard InChI is InChI=1S/C16H14N4O2/c21-10-15-18-16(19-22-15)12-5-3-4-11(8-12)13-9-20-7-2-1-6-14(20)17-13/h1-8,13,21H,9-10H2. The lowest BCUT2D eigenvalue weighted by Gasteiger charge is -2.16. The molecular formula is C16H14N4O2. The van der Waals surface area contributed by atoms with Gasteiger partial charge in [0.05, 0.1) is 12.6 Å². The zero-order valence-electron chi connectivity index (χ0n) is 11.8. The quantitative estimate of drug-likeness (QED) is 0.938. The van der Waals surface area contributed by atoms with Gasteiger partial charge < -0.3 is 14.5 Å². The topological polar surface area (TPSA) is 74.8 Å². The van der Waals surface area contributed by atoms with Gasteiger partial charge in [0, 0.05) is 11.8 Å². The fraction of sp³-hybridized carbons (Fsp3) is 0.188. The van der Waals surface area contributed by atoms with Crippen LogP contribution in [0.3, 0.4) is 0 Å². The number of fused-ring (bicyclic) bond motifs is 1. The summed E-state index contributed by atoms with van der Waals surface area (Å²) in [6.07, 6.45) is 8.05. The fourth-order valence-corrected chi connectivity index (χ4v) is 2.63. The van der Waals surface area contributed by atoms with Crippen LogP contribution in [0.1, 0.15) is 17.5 Å². The number of aromatic nitrogens is 2. The van der Waals surface area contributed by atoms with E-state index in [4.69, 9.17) is 14.6 Å². The van der Waals surface area contributed by atoms with E-state index in [2.05, 4.69) is 21.1 Å². The number of aliphatic hydroxyl groups is 1. The molecule has 1 unspecified atom stereocenters. The van der Waals surface area contributed by atoms with E-state index < -0.39 is 0 Å². The number of nitrogens with zero attached hydrogens (tertiary/aromatic N) is 4. The highest BCUT2D eigenvalue weighted by molar-refractivity contribution is 5.96. The van der Waals surface area contributed by atoms with Crippen molar-refractivity contribution in [1.29, 1.82) is 0 Å². The molecule has 1 aromatic carbocycles. The molecule has 0 spiro atoms. The van der Waals surface area contributed by atoms with E-state index in [1.54, 1.807) is 0 Å². The van der Waals surface area contributed by atoms with Crippen LogP contribution in [0.15, 0.2) is 58.2 Å². The Hall–Kier alpha value is -2.73. The molecule has 0 aliphatic carbocycles. The fourth-order valence-electron chi connectivity index (χ4n) is 2.63. The minimum absolute atomic E-state index is 0.0894. The number of rotatable bonds is 3. The summed E-state index contributed by atoms with van der Waals surface area (Å²) in [7, 11) is 0. The molecular weight excluding hydrogens is 280 g/mol. The first-order chi connectivity index (χ1) is 10.8. The van der Waals surface area contributed by atoms with E-state index >= 15 is 0 Å². The van der Waals surface area contributed by atoms with E-state index in [-0.39, 0.29) is 18.5 Å². The van der Waals surface area contributed by atoms with Gasteiger partial charge in [0.25, 0.3) is 5.89 Å². The van der Waals surface area contributed by atoms with Crippen LogP contribution in [-0.2, 0) is 6.61 Å². The molecule has 0 radical (unpaired) electrons. The third-order valence-electron chi connectivity index (χ3n) is 3.71. The van der Waals surface area contributed by atoms with Crippen molar-refractivity contribution in [3.8, 4) is 11.4 Å². The molecule has 22 heavy (non-hydrogen) atoms. The molecule has 1 N–H and O–H groups in total. The van der Waals surface area contributed by atoms with E-state index in [0.717, 1.165) is 23.5 Å². The summed E-state index contributed by atoms with van der Waals surface area (Å²) < 4.78 is 4.95. The van der Waals surface area contributed by atoms with Gasteiger partial charge in [-0.05, 0) is 23.8 Å². The maximum Gasteiger partial charge on any atom is 0.252 e. The first-order valence-corrected chi connectivity index (χ1v) is 7.06. The largest absolute Gasteiger partial charge is 0.387 e. The number of benzene rings is 1. The lowest BCUT2D eigenvalue weighted by Crippen LogP contribution is -2.21. The van der Waals surface area contributed by atoms with Gasteiger partial charge in [0.2, 0.25) is 5.82 Å². The van der Waals surface area contributed by atoms with E-state index in [1.165, 1.54) is 0 Å². The summed E-state index contributed by atoms with van der Waals surface area (Å²) in [4.78, 5) is 11.0.